The number of benzene rings is 1. The first-order valence-corrected chi connectivity index (χ1v) is 9.14. The summed E-state index contributed by atoms with van der Waals surface area (Å²) in [4.78, 5) is 11.5. The maximum atomic E-state index is 5.49. The van der Waals surface area contributed by atoms with Gasteiger partial charge in [-0.05, 0) is 19.4 Å². The topological polar surface area (TPSA) is 67.6 Å². The van der Waals surface area contributed by atoms with Gasteiger partial charge >= 0.3 is 0 Å². The number of hydrazone groups is 1. The van der Waals surface area contributed by atoms with E-state index in [0.29, 0.717) is 5.82 Å². The monoisotopic (exact) mass is 364 g/mol. The summed E-state index contributed by atoms with van der Waals surface area (Å²) in [5.74, 6) is 0.708. The van der Waals surface area contributed by atoms with Gasteiger partial charge in [0.2, 0.25) is 0 Å². The standard InChI is InChI=1S/C20H24N6O/c1-14-5-4-6-16(11-14)15(2)23-24-18-12-17(26-7-9-27-10-8-26)19-20(22-18)25(3)13-21-19/h4-6,11-13H,7-10H2,1-3H3,(H,22,24)/b23-15+. The van der Waals surface area contributed by atoms with Crippen LogP contribution in [0.25, 0.3) is 11.2 Å². The van der Waals surface area contributed by atoms with Gasteiger partial charge in [0.1, 0.15) is 5.52 Å². The van der Waals surface area contributed by atoms with E-state index in [9.17, 15) is 0 Å². The second-order valence-electron chi connectivity index (χ2n) is 6.83. The number of ether oxygens (including phenoxy) is 1. The predicted octanol–water partition coefficient (Wildman–Crippen LogP) is 2.95. The van der Waals surface area contributed by atoms with E-state index in [1.165, 1.54) is 5.56 Å². The van der Waals surface area contributed by atoms with Gasteiger partial charge in [0.05, 0.1) is 30.9 Å². The molecule has 0 bridgehead atoms. The number of hydrogen-bond donors (Lipinski definition) is 1. The Hall–Kier alpha value is -2.93. The molecule has 27 heavy (non-hydrogen) atoms. The number of rotatable bonds is 4. The number of pyridine rings is 1. The summed E-state index contributed by atoms with van der Waals surface area (Å²) in [5.41, 5.74) is 9.16. The zero-order valence-electron chi connectivity index (χ0n) is 15.9. The van der Waals surface area contributed by atoms with Crippen molar-refractivity contribution in [3.63, 3.8) is 0 Å². The molecule has 0 spiro atoms. The molecule has 1 aliphatic rings. The fourth-order valence-corrected chi connectivity index (χ4v) is 3.26. The van der Waals surface area contributed by atoms with Crippen molar-refractivity contribution in [2.24, 2.45) is 12.1 Å². The maximum absolute atomic E-state index is 5.49. The average molecular weight is 364 g/mol. The van der Waals surface area contributed by atoms with Crippen molar-refractivity contribution >= 4 is 28.4 Å². The summed E-state index contributed by atoms with van der Waals surface area (Å²) in [6.45, 7) is 7.22. The van der Waals surface area contributed by atoms with Crippen molar-refractivity contribution in [2.45, 2.75) is 13.8 Å². The highest BCUT2D eigenvalue weighted by Gasteiger charge is 2.18. The number of aromatic nitrogens is 3. The van der Waals surface area contributed by atoms with Crippen molar-refractivity contribution in [1.82, 2.24) is 14.5 Å². The minimum atomic E-state index is 0.708. The third-order valence-corrected chi connectivity index (χ3v) is 4.77. The van der Waals surface area contributed by atoms with Crippen LogP contribution in [0.15, 0.2) is 41.8 Å². The fraction of sp³-hybridized carbons (Fsp3) is 0.350. The Labute approximate surface area is 158 Å². The molecular weight excluding hydrogens is 340 g/mol. The molecule has 1 fully saturated rings. The summed E-state index contributed by atoms with van der Waals surface area (Å²) >= 11 is 0. The molecule has 7 heteroatoms. The number of hydrogen-bond acceptors (Lipinski definition) is 6. The lowest BCUT2D eigenvalue weighted by atomic mass is 10.1. The molecule has 0 unspecified atom stereocenters. The van der Waals surface area contributed by atoms with E-state index < -0.39 is 0 Å². The van der Waals surface area contributed by atoms with E-state index in [0.717, 1.165) is 54.4 Å². The van der Waals surface area contributed by atoms with E-state index in [1.807, 2.05) is 30.7 Å². The molecule has 1 aliphatic heterocycles. The van der Waals surface area contributed by atoms with Crippen molar-refractivity contribution in [2.75, 3.05) is 36.6 Å². The van der Waals surface area contributed by atoms with Crippen LogP contribution in [0, 0.1) is 6.92 Å². The van der Waals surface area contributed by atoms with Crippen LogP contribution in [0.2, 0.25) is 0 Å². The molecule has 1 aromatic carbocycles. The number of anilines is 2. The molecule has 3 heterocycles. The highest BCUT2D eigenvalue weighted by atomic mass is 16.5. The van der Waals surface area contributed by atoms with Gasteiger partial charge in [-0.1, -0.05) is 29.8 Å². The Morgan fingerprint density at radius 2 is 2.04 bits per heavy atom. The highest BCUT2D eigenvalue weighted by Crippen LogP contribution is 2.28. The third kappa shape index (κ3) is 3.64. The quantitative estimate of drug-likeness (QED) is 0.569. The molecule has 4 rings (SSSR count). The molecule has 3 aromatic rings. The molecule has 0 aliphatic carbocycles. The van der Waals surface area contributed by atoms with Crippen molar-refractivity contribution in [1.29, 1.82) is 0 Å². The Balaban J connectivity index is 1.67. The maximum Gasteiger partial charge on any atom is 0.164 e. The van der Waals surface area contributed by atoms with Crippen LogP contribution in [0.5, 0.6) is 0 Å². The zero-order valence-corrected chi connectivity index (χ0v) is 15.9. The lowest BCUT2D eigenvalue weighted by Crippen LogP contribution is -2.36. The summed E-state index contributed by atoms with van der Waals surface area (Å²) in [5, 5.41) is 4.54. The Morgan fingerprint density at radius 3 is 2.81 bits per heavy atom. The van der Waals surface area contributed by atoms with Gasteiger partial charge in [0.25, 0.3) is 0 Å². The second-order valence-corrected chi connectivity index (χ2v) is 6.83. The molecule has 7 nitrogen and oxygen atoms in total. The molecule has 2 aromatic heterocycles. The molecular formula is C20H24N6O. The van der Waals surface area contributed by atoms with Crippen LogP contribution in [0.1, 0.15) is 18.1 Å². The predicted molar refractivity (Wildman–Crippen MR) is 109 cm³/mol. The molecule has 1 N–H and O–H groups in total. The summed E-state index contributed by atoms with van der Waals surface area (Å²) in [6, 6.07) is 10.3. The smallest absolute Gasteiger partial charge is 0.164 e. The van der Waals surface area contributed by atoms with Gasteiger partial charge < -0.3 is 14.2 Å². The van der Waals surface area contributed by atoms with Crippen molar-refractivity contribution in [3.8, 4) is 0 Å². The van der Waals surface area contributed by atoms with Gasteiger partial charge in [-0.15, -0.1) is 0 Å². The molecule has 0 radical (unpaired) electrons. The largest absolute Gasteiger partial charge is 0.378 e. The lowest BCUT2D eigenvalue weighted by molar-refractivity contribution is 0.123. The average Bonchev–Trinajstić information content (AvgIpc) is 3.07. The minimum Gasteiger partial charge on any atom is -0.378 e. The highest BCUT2D eigenvalue weighted by molar-refractivity contribution is 5.99. The second kappa shape index (κ2) is 7.36. The van der Waals surface area contributed by atoms with Crippen LogP contribution in [-0.2, 0) is 11.8 Å². The van der Waals surface area contributed by atoms with Crippen LogP contribution >= 0.6 is 0 Å². The first-order chi connectivity index (χ1) is 13.1. The van der Waals surface area contributed by atoms with E-state index in [2.05, 4.69) is 45.5 Å². The van der Waals surface area contributed by atoms with E-state index in [-0.39, 0.29) is 0 Å². The van der Waals surface area contributed by atoms with Crippen LogP contribution in [0.4, 0.5) is 11.5 Å². The van der Waals surface area contributed by atoms with Crippen LogP contribution in [-0.4, -0.2) is 46.6 Å². The first-order valence-electron chi connectivity index (χ1n) is 9.14. The summed E-state index contributed by atoms with van der Waals surface area (Å²) < 4.78 is 7.42. The molecule has 0 amide bonds. The van der Waals surface area contributed by atoms with Gasteiger partial charge in [-0.25, -0.2) is 9.97 Å². The Bertz CT molecular complexity index is 987. The lowest BCUT2D eigenvalue weighted by Gasteiger charge is -2.29. The normalized spacial score (nSPS) is 15.4. The first kappa shape index (κ1) is 17.5. The minimum absolute atomic E-state index is 0.708. The molecule has 1 saturated heterocycles. The molecule has 0 atom stereocenters. The van der Waals surface area contributed by atoms with Gasteiger partial charge in [0.15, 0.2) is 11.5 Å². The SMILES string of the molecule is C/C(=N\Nc1cc(N2CCOCC2)c2ncn(C)c2n1)c1cccc(C)c1. The number of nitrogens with one attached hydrogen (secondary N) is 1. The van der Waals surface area contributed by atoms with Crippen molar-refractivity contribution in [3.05, 3.63) is 47.8 Å². The number of aryl methyl sites for hydroxylation is 2. The van der Waals surface area contributed by atoms with Gasteiger partial charge in [-0.2, -0.15) is 5.10 Å². The Kier molecular flexibility index (Phi) is 4.77. The molecule has 0 saturated carbocycles. The van der Waals surface area contributed by atoms with E-state index in [1.54, 1.807) is 6.33 Å². The van der Waals surface area contributed by atoms with E-state index in [4.69, 9.17) is 9.72 Å². The number of morpholine rings is 1. The number of imidazole rings is 1. The van der Waals surface area contributed by atoms with Gasteiger partial charge in [-0.3, -0.25) is 5.43 Å². The van der Waals surface area contributed by atoms with Crippen LogP contribution in [0.3, 0.4) is 0 Å². The van der Waals surface area contributed by atoms with Crippen LogP contribution < -0.4 is 10.3 Å². The van der Waals surface area contributed by atoms with Gasteiger partial charge in [0, 0.05) is 26.2 Å². The summed E-state index contributed by atoms with van der Waals surface area (Å²) in [7, 11) is 1.95. The van der Waals surface area contributed by atoms with Crippen molar-refractivity contribution < 1.29 is 4.74 Å². The zero-order chi connectivity index (χ0) is 18.8. The fourth-order valence-electron chi connectivity index (χ4n) is 3.26. The molecule has 140 valence electrons. The number of fused-ring (bicyclic) bond motifs is 1. The Morgan fingerprint density at radius 1 is 1.22 bits per heavy atom. The summed E-state index contributed by atoms with van der Waals surface area (Å²) in [6.07, 6.45) is 1.80. The number of nitrogens with zero attached hydrogens (tertiary/aromatic N) is 5. The van der Waals surface area contributed by atoms with E-state index >= 15 is 0 Å². The third-order valence-electron chi connectivity index (χ3n) is 4.77.